The minimum Gasteiger partial charge on any atom is -0.480 e. The zero-order valence-electron chi connectivity index (χ0n) is 5.36. The number of carboxylic acid groups (broad SMARTS) is 1. The smallest absolute Gasteiger partial charge is 0.329 e. The summed E-state index contributed by atoms with van der Waals surface area (Å²) in [5.41, 5.74) is 0. The molecule has 0 aliphatic carbocycles. The monoisotopic (exact) mass is 150 g/mol. The lowest BCUT2D eigenvalue weighted by molar-refractivity contribution is -0.143. The summed E-state index contributed by atoms with van der Waals surface area (Å²) in [5, 5.41) is 24.9. The van der Waals surface area contributed by atoms with E-state index in [1.807, 2.05) is 0 Å². The van der Waals surface area contributed by atoms with Gasteiger partial charge >= 0.3 is 5.97 Å². The number of carboxylic acids is 1. The first-order valence-electron chi connectivity index (χ1n) is 2.75. The van der Waals surface area contributed by atoms with Gasteiger partial charge in [-0.1, -0.05) is 0 Å². The lowest BCUT2D eigenvalue weighted by Crippen LogP contribution is -2.21. The van der Waals surface area contributed by atoms with Gasteiger partial charge in [-0.25, -0.2) is 4.79 Å². The summed E-state index contributed by atoms with van der Waals surface area (Å²) in [5.74, 6) is -1.09. The van der Waals surface area contributed by atoms with Gasteiger partial charge in [0.05, 0.1) is 13.2 Å². The van der Waals surface area contributed by atoms with Gasteiger partial charge in [0.1, 0.15) is 12.7 Å². The normalized spacial score (nSPS) is 13.0. The molecular weight excluding hydrogens is 140 g/mol. The zero-order valence-corrected chi connectivity index (χ0v) is 5.36. The van der Waals surface area contributed by atoms with E-state index in [0.29, 0.717) is 0 Å². The van der Waals surface area contributed by atoms with E-state index in [-0.39, 0.29) is 6.61 Å². The van der Waals surface area contributed by atoms with Crippen LogP contribution >= 0.6 is 0 Å². The molecule has 0 aliphatic rings. The predicted molar refractivity (Wildman–Crippen MR) is 31.5 cm³/mol. The van der Waals surface area contributed by atoms with Gasteiger partial charge in [0.15, 0.2) is 0 Å². The van der Waals surface area contributed by atoms with Crippen LogP contribution < -0.4 is 0 Å². The Bertz CT molecular complexity index is 102. The van der Waals surface area contributed by atoms with Crippen molar-refractivity contribution in [2.24, 2.45) is 0 Å². The SMILES string of the molecule is O=C(O)COCC(O)CO. The summed E-state index contributed by atoms with van der Waals surface area (Å²) in [6.45, 7) is -1.01. The van der Waals surface area contributed by atoms with Crippen molar-refractivity contribution in [3.8, 4) is 0 Å². The third-order valence-corrected chi connectivity index (χ3v) is 0.747. The molecule has 0 spiro atoms. The molecule has 3 N–H and O–H groups in total. The van der Waals surface area contributed by atoms with Gasteiger partial charge < -0.3 is 20.1 Å². The standard InChI is InChI=1S/C5H10O5/c6-1-4(7)2-10-3-5(8)9/h4,6-7H,1-3H2,(H,8,9). The van der Waals surface area contributed by atoms with E-state index in [0.717, 1.165) is 0 Å². The molecule has 0 aromatic heterocycles. The Morgan fingerprint density at radius 1 is 1.60 bits per heavy atom. The maximum atomic E-state index is 9.80. The average Bonchev–Trinajstić information content (AvgIpc) is 1.87. The van der Waals surface area contributed by atoms with E-state index in [1.54, 1.807) is 0 Å². The second-order valence-electron chi connectivity index (χ2n) is 1.75. The molecule has 0 saturated carbocycles. The van der Waals surface area contributed by atoms with E-state index >= 15 is 0 Å². The average molecular weight is 150 g/mol. The molecule has 10 heavy (non-hydrogen) atoms. The van der Waals surface area contributed by atoms with Crippen molar-refractivity contribution in [1.82, 2.24) is 0 Å². The van der Waals surface area contributed by atoms with Crippen molar-refractivity contribution < 1.29 is 24.9 Å². The van der Waals surface area contributed by atoms with Crippen LogP contribution in [0.1, 0.15) is 0 Å². The molecule has 0 saturated heterocycles. The summed E-state index contributed by atoms with van der Waals surface area (Å²) in [4.78, 5) is 9.80. The quantitative estimate of drug-likeness (QED) is 0.441. The van der Waals surface area contributed by atoms with E-state index in [2.05, 4.69) is 4.74 Å². The van der Waals surface area contributed by atoms with Crippen molar-refractivity contribution in [2.75, 3.05) is 19.8 Å². The minimum atomic E-state index is -1.09. The van der Waals surface area contributed by atoms with Crippen LogP contribution in [0.2, 0.25) is 0 Å². The number of aliphatic carboxylic acids is 1. The van der Waals surface area contributed by atoms with Gasteiger partial charge in [0.2, 0.25) is 0 Å². The summed E-state index contributed by atoms with van der Waals surface area (Å²) >= 11 is 0. The molecule has 0 aliphatic heterocycles. The molecular formula is C5H10O5. The fraction of sp³-hybridized carbons (Fsp3) is 0.800. The maximum absolute atomic E-state index is 9.80. The summed E-state index contributed by atoms with van der Waals surface area (Å²) < 4.78 is 4.44. The number of hydrogen-bond donors (Lipinski definition) is 3. The molecule has 0 bridgehead atoms. The van der Waals surface area contributed by atoms with E-state index in [1.165, 1.54) is 0 Å². The highest BCUT2D eigenvalue weighted by molar-refractivity contribution is 5.67. The topological polar surface area (TPSA) is 87.0 Å². The fourth-order valence-electron chi connectivity index (χ4n) is 0.335. The molecule has 5 heteroatoms. The number of aliphatic hydroxyl groups excluding tert-OH is 2. The van der Waals surface area contributed by atoms with Crippen molar-refractivity contribution in [1.29, 1.82) is 0 Å². The first-order chi connectivity index (χ1) is 4.66. The molecule has 5 nitrogen and oxygen atoms in total. The van der Waals surface area contributed by atoms with Crippen LogP contribution in [0.25, 0.3) is 0 Å². The van der Waals surface area contributed by atoms with E-state index < -0.39 is 25.3 Å². The fourth-order valence-corrected chi connectivity index (χ4v) is 0.335. The Kier molecular flexibility index (Phi) is 4.82. The highest BCUT2D eigenvalue weighted by Crippen LogP contribution is 1.82. The predicted octanol–water partition coefficient (Wildman–Crippen LogP) is -1.56. The maximum Gasteiger partial charge on any atom is 0.329 e. The van der Waals surface area contributed by atoms with Gasteiger partial charge in [-0.15, -0.1) is 0 Å². The summed E-state index contributed by atoms with van der Waals surface area (Å²) in [6, 6.07) is 0. The Labute approximate surface area is 57.9 Å². The van der Waals surface area contributed by atoms with E-state index in [4.69, 9.17) is 15.3 Å². The second kappa shape index (κ2) is 5.16. The first-order valence-corrected chi connectivity index (χ1v) is 2.75. The second-order valence-corrected chi connectivity index (χ2v) is 1.75. The Hall–Kier alpha value is -0.650. The number of aliphatic hydroxyl groups is 2. The molecule has 0 rings (SSSR count). The molecule has 0 aromatic carbocycles. The van der Waals surface area contributed by atoms with Crippen LogP contribution in [0.5, 0.6) is 0 Å². The van der Waals surface area contributed by atoms with Crippen molar-refractivity contribution in [2.45, 2.75) is 6.10 Å². The lowest BCUT2D eigenvalue weighted by Gasteiger charge is -2.04. The largest absolute Gasteiger partial charge is 0.480 e. The molecule has 60 valence electrons. The highest BCUT2D eigenvalue weighted by atomic mass is 16.5. The summed E-state index contributed by atoms with van der Waals surface area (Å²) in [6.07, 6.45) is -0.987. The number of rotatable bonds is 5. The van der Waals surface area contributed by atoms with Gasteiger partial charge in [-0.05, 0) is 0 Å². The number of ether oxygens (including phenoxy) is 1. The number of hydrogen-bond acceptors (Lipinski definition) is 4. The van der Waals surface area contributed by atoms with Crippen LogP contribution in [0.3, 0.4) is 0 Å². The Morgan fingerprint density at radius 2 is 2.20 bits per heavy atom. The van der Waals surface area contributed by atoms with Crippen molar-refractivity contribution in [3.63, 3.8) is 0 Å². The van der Waals surface area contributed by atoms with E-state index in [9.17, 15) is 4.79 Å². The minimum absolute atomic E-state index is 0.150. The molecule has 0 aromatic rings. The van der Waals surface area contributed by atoms with Gasteiger partial charge in [0.25, 0.3) is 0 Å². The van der Waals surface area contributed by atoms with Crippen LogP contribution in [-0.4, -0.2) is 47.2 Å². The van der Waals surface area contributed by atoms with Crippen molar-refractivity contribution >= 4 is 5.97 Å². The van der Waals surface area contributed by atoms with Gasteiger partial charge in [0, 0.05) is 0 Å². The number of carbonyl (C=O) groups is 1. The third kappa shape index (κ3) is 5.49. The van der Waals surface area contributed by atoms with Gasteiger partial charge in [-0.3, -0.25) is 0 Å². The third-order valence-electron chi connectivity index (χ3n) is 0.747. The van der Waals surface area contributed by atoms with Crippen LogP contribution in [0, 0.1) is 0 Å². The molecule has 0 amide bonds. The molecule has 1 atom stereocenters. The van der Waals surface area contributed by atoms with Crippen LogP contribution in [0.4, 0.5) is 0 Å². The van der Waals surface area contributed by atoms with Crippen LogP contribution in [0.15, 0.2) is 0 Å². The Balaban J connectivity index is 3.11. The van der Waals surface area contributed by atoms with Crippen LogP contribution in [-0.2, 0) is 9.53 Å². The van der Waals surface area contributed by atoms with Crippen molar-refractivity contribution in [3.05, 3.63) is 0 Å². The first kappa shape index (κ1) is 9.35. The molecule has 0 fully saturated rings. The molecule has 1 unspecified atom stereocenters. The van der Waals surface area contributed by atoms with Gasteiger partial charge in [-0.2, -0.15) is 0 Å². The lowest BCUT2D eigenvalue weighted by atomic mass is 10.4. The zero-order chi connectivity index (χ0) is 7.98. The molecule has 0 heterocycles. The summed E-state index contributed by atoms with van der Waals surface area (Å²) in [7, 11) is 0. The highest BCUT2D eigenvalue weighted by Gasteiger charge is 2.02. The Morgan fingerprint density at radius 3 is 2.60 bits per heavy atom. The molecule has 0 radical (unpaired) electrons.